The lowest BCUT2D eigenvalue weighted by molar-refractivity contribution is -0.0914. The molecule has 7 nitrogen and oxygen atoms in total. The third kappa shape index (κ3) is 4.13. The summed E-state index contributed by atoms with van der Waals surface area (Å²) in [7, 11) is 2.59. The average Bonchev–Trinajstić information content (AvgIpc) is 2.40. The Balaban J connectivity index is 2.72. The van der Waals surface area contributed by atoms with Crippen LogP contribution in [0, 0.1) is 0 Å². The van der Waals surface area contributed by atoms with Crippen LogP contribution in [0.15, 0.2) is 23.2 Å². The molecule has 1 heterocycles. The van der Waals surface area contributed by atoms with E-state index in [1.165, 1.54) is 40.6 Å². The summed E-state index contributed by atoms with van der Waals surface area (Å²) in [5.74, 6) is 0.553. The van der Waals surface area contributed by atoms with Crippen molar-refractivity contribution in [1.29, 1.82) is 0 Å². The molecule has 0 aliphatic rings. The zero-order valence-corrected chi connectivity index (χ0v) is 12.3. The van der Waals surface area contributed by atoms with Crippen molar-refractivity contribution in [2.45, 2.75) is 11.2 Å². The number of anilines is 1. The van der Waals surface area contributed by atoms with E-state index in [4.69, 9.17) is 9.47 Å². The second-order valence-corrected chi connectivity index (χ2v) is 6.10. The van der Waals surface area contributed by atoms with Crippen molar-refractivity contribution in [3.8, 4) is 0 Å². The van der Waals surface area contributed by atoms with Gasteiger partial charge >= 0.3 is 0 Å². The standard InChI is InChI=1S/C11H19N3O4S/c1-14(2)19(15,16)9-5-6-10(12-7-9)13-8-11(17-3)18-4/h5-7,11H,8H2,1-4H3,(H,12,13). The van der Waals surface area contributed by atoms with Crippen LogP contribution in [0.2, 0.25) is 0 Å². The van der Waals surface area contributed by atoms with Gasteiger partial charge in [0.15, 0.2) is 6.29 Å². The minimum Gasteiger partial charge on any atom is -0.365 e. The first-order chi connectivity index (χ1) is 8.91. The summed E-state index contributed by atoms with van der Waals surface area (Å²) in [6.07, 6.45) is 0.929. The Morgan fingerprint density at radius 3 is 2.37 bits per heavy atom. The Kier molecular flexibility index (Phi) is 5.67. The fraction of sp³-hybridized carbons (Fsp3) is 0.545. The van der Waals surface area contributed by atoms with E-state index >= 15 is 0 Å². The van der Waals surface area contributed by atoms with E-state index in [1.807, 2.05) is 0 Å². The number of rotatable bonds is 7. The number of methoxy groups -OCH3 is 2. The van der Waals surface area contributed by atoms with Gasteiger partial charge in [-0.3, -0.25) is 0 Å². The van der Waals surface area contributed by atoms with Gasteiger partial charge in [0.05, 0.1) is 6.54 Å². The maximum Gasteiger partial charge on any atom is 0.244 e. The van der Waals surface area contributed by atoms with Crippen LogP contribution in [0.1, 0.15) is 0 Å². The molecule has 0 atom stereocenters. The molecule has 8 heteroatoms. The highest BCUT2D eigenvalue weighted by Gasteiger charge is 2.17. The van der Waals surface area contributed by atoms with Crippen molar-refractivity contribution in [3.05, 3.63) is 18.3 Å². The van der Waals surface area contributed by atoms with E-state index in [-0.39, 0.29) is 11.2 Å². The van der Waals surface area contributed by atoms with Crippen molar-refractivity contribution in [1.82, 2.24) is 9.29 Å². The molecule has 1 aromatic rings. The minimum atomic E-state index is -3.44. The highest BCUT2D eigenvalue weighted by atomic mass is 32.2. The van der Waals surface area contributed by atoms with Gasteiger partial charge in [0.1, 0.15) is 10.7 Å². The third-order valence-corrected chi connectivity index (χ3v) is 4.29. The first-order valence-corrected chi connectivity index (χ1v) is 7.04. The van der Waals surface area contributed by atoms with Crippen molar-refractivity contribution in [2.24, 2.45) is 0 Å². The summed E-state index contributed by atoms with van der Waals surface area (Å²) in [6.45, 7) is 0.416. The molecule has 0 saturated heterocycles. The number of hydrogen-bond acceptors (Lipinski definition) is 6. The van der Waals surface area contributed by atoms with Crippen molar-refractivity contribution >= 4 is 15.8 Å². The Labute approximate surface area is 113 Å². The maximum absolute atomic E-state index is 11.8. The summed E-state index contributed by atoms with van der Waals surface area (Å²) in [4.78, 5) is 4.19. The number of nitrogens with one attached hydrogen (secondary N) is 1. The molecule has 0 bridgehead atoms. The van der Waals surface area contributed by atoms with Crippen LogP contribution < -0.4 is 5.32 Å². The zero-order chi connectivity index (χ0) is 14.5. The van der Waals surface area contributed by atoms with Gasteiger partial charge in [-0.1, -0.05) is 0 Å². The van der Waals surface area contributed by atoms with Gasteiger partial charge in [-0.05, 0) is 12.1 Å². The number of sulfonamides is 1. The van der Waals surface area contributed by atoms with Crippen LogP contribution in [-0.4, -0.2) is 58.9 Å². The van der Waals surface area contributed by atoms with Crippen LogP contribution in [0.4, 0.5) is 5.82 Å². The number of nitrogens with zero attached hydrogens (tertiary/aromatic N) is 2. The van der Waals surface area contributed by atoms with Gasteiger partial charge in [0.2, 0.25) is 10.0 Å². The number of ether oxygens (including phenoxy) is 2. The largest absolute Gasteiger partial charge is 0.365 e. The Bertz CT molecular complexity index is 483. The first kappa shape index (κ1) is 15.8. The molecule has 0 radical (unpaired) electrons. The van der Waals surface area contributed by atoms with Crippen LogP contribution in [-0.2, 0) is 19.5 Å². The zero-order valence-electron chi connectivity index (χ0n) is 11.5. The molecule has 19 heavy (non-hydrogen) atoms. The van der Waals surface area contributed by atoms with Crippen molar-refractivity contribution in [3.63, 3.8) is 0 Å². The molecule has 0 fully saturated rings. The molecule has 1 N–H and O–H groups in total. The molecule has 1 rings (SSSR count). The maximum atomic E-state index is 11.8. The lowest BCUT2D eigenvalue weighted by Crippen LogP contribution is -2.24. The molecule has 0 spiro atoms. The van der Waals surface area contributed by atoms with E-state index in [0.717, 1.165) is 4.31 Å². The molecule has 1 aromatic heterocycles. The quantitative estimate of drug-likeness (QED) is 0.730. The fourth-order valence-corrected chi connectivity index (χ4v) is 2.15. The second-order valence-electron chi connectivity index (χ2n) is 3.95. The molecule has 0 aliphatic carbocycles. The normalized spacial score (nSPS) is 12.1. The first-order valence-electron chi connectivity index (χ1n) is 5.60. The molecule has 0 amide bonds. The van der Waals surface area contributed by atoms with Gasteiger partial charge in [-0.25, -0.2) is 17.7 Å². The van der Waals surface area contributed by atoms with Gasteiger partial charge < -0.3 is 14.8 Å². The number of hydrogen-bond donors (Lipinski definition) is 1. The average molecular weight is 289 g/mol. The Morgan fingerprint density at radius 2 is 1.95 bits per heavy atom. The van der Waals surface area contributed by atoms with Gasteiger partial charge in [0.25, 0.3) is 0 Å². The third-order valence-electron chi connectivity index (χ3n) is 2.49. The summed E-state index contributed by atoms with van der Waals surface area (Å²) in [6, 6.07) is 3.10. The van der Waals surface area contributed by atoms with Crippen molar-refractivity contribution in [2.75, 3.05) is 40.2 Å². The summed E-state index contributed by atoms with van der Waals surface area (Å²) < 4.78 is 34.8. The van der Waals surface area contributed by atoms with Crippen molar-refractivity contribution < 1.29 is 17.9 Å². The smallest absolute Gasteiger partial charge is 0.244 e. The Hall–Kier alpha value is -1.22. The summed E-state index contributed by atoms with van der Waals surface area (Å²) >= 11 is 0. The van der Waals surface area contributed by atoms with E-state index in [0.29, 0.717) is 12.4 Å². The Morgan fingerprint density at radius 1 is 1.32 bits per heavy atom. The number of aromatic nitrogens is 1. The summed E-state index contributed by atoms with van der Waals surface area (Å²) in [5, 5.41) is 2.98. The highest BCUT2D eigenvalue weighted by molar-refractivity contribution is 7.89. The molecular weight excluding hydrogens is 270 g/mol. The molecule has 0 unspecified atom stereocenters. The highest BCUT2D eigenvalue weighted by Crippen LogP contribution is 2.13. The topological polar surface area (TPSA) is 80.8 Å². The summed E-state index contributed by atoms with van der Waals surface area (Å²) in [5.41, 5.74) is 0. The fourth-order valence-electron chi connectivity index (χ4n) is 1.30. The van der Waals surface area contributed by atoms with Gasteiger partial charge in [-0.2, -0.15) is 0 Å². The molecule has 0 saturated carbocycles. The van der Waals surface area contributed by atoms with E-state index in [9.17, 15) is 8.42 Å². The van der Waals surface area contributed by atoms with E-state index in [1.54, 1.807) is 6.07 Å². The van der Waals surface area contributed by atoms with Crippen LogP contribution in [0.5, 0.6) is 0 Å². The molecule has 0 aliphatic heterocycles. The van der Waals surface area contributed by atoms with Crippen LogP contribution in [0.3, 0.4) is 0 Å². The molecule has 108 valence electrons. The van der Waals surface area contributed by atoms with Gasteiger partial charge in [0, 0.05) is 34.5 Å². The van der Waals surface area contributed by atoms with E-state index < -0.39 is 10.0 Å². The number of pyridine rings is 1. The second kappa shape index (κ2) is 6.80. The predicted molar refractivity (Wildman–Crippen MR) is 71.4 cm³/mol. The SMILES string of the molecule is COC(CNc1ccc(S(=O)(=O)N(C)C)cn1)OC. The monoisotopic (exact) mass is 289 g/mol. The minimum absolute atomic E-state index is 0.151. The van der Waals surface area contributed by atoms with Crippen LogP contribution in [0.25, 0.3) is 0 Å². The van der Waals surface area contributed by atoms with Gasteiger partial charge in [-0.15, -0.1) is 0 Å². The lowest BCUT2D eigenvalue weighted by atomic mass is 10.4. The molecular formula is C11H19N3O4S. The predicted octanol–water partition coefficient (Wildman–Crippen LogP) is 0.363. The van der Waals surface area contributed by atoms with E-state index in [2.05, 4.69) is 10.3 Å². The molecule has 0 aromatic carbocycles. The lowest BCUT2D eigenvalue weighted by Gasteiger charge is -2.15. The van der Waals surface area contributed by atoms with Crippen LogP contribution >= 0.6 is 0 Å².